The highest BCUT2D eigenvalue weighted by Gasteiger charge is 2.25. The Labute approximate surface area is 170 Å². The summed E-state index contributed by atoms with van der Waals surface area (Å²) in [5.41, 5.74) is 0.983. The lowest BCUT2D eigenvalue weighted by atomic mass is 9.96. The molecule has 0 saturated carbocycles. The van der Waals surface area contributed by atoms with Crippen molar-refractivity contribution in [1.82, 2.24) is 10.3 Å². The highest BCUT2D eigenvalue weighted by molar-refractivity contribution is 6.30. The molecule has 0 bridgehead atoms. The molecular weight excluding hydrogens is 378 g/mol. The number of anilines is 1. The van der Waals surface area contributed by atoms with E-state index in [2.05, 4.69) is 15.2 Å². The third-order valence-electron chi connectivity index (χ3n) is 4.90. The largest absolute Gasteiger partial charge is 0.493 e. The SMILES string of the molecule is CCOc1ccc(CNC(=O)C2CCN(c3ccc(Cl)cn3)CC2)cc1OC. The molecule has 6 nitrogen and oxygen atoms in total. The van der Waals surface area contributed by atoms with Crippen LogP contribution in [0.5, 0.6) is 11.5 Å². The quantitative estimate of drug-likeness (QED) is 0.764. The number of carbonyl (C=O) groups is 1. The van der Waals surface area contributed by atoms with E-state index >= 15 is 0 Å². The summed E-state index contributed by atoms with van der Waals surface area (Å²) in [6.07, 6.45) is 3.27. The summed E-state index contributed by atoms with van der Waals surface area (Å²) in [6, 6.07) is 9.49. The fraction of sp³-hybridized carbons (Fsp3) is 0.429. The molecule has 0 atom stereocenters. The van der Waals surface area contributed by atoms with Crippen LogP contribution >= 0.6 is 11.6 Å². The van der Waals surface area contributed by atoms with Crippen molar-refractivity contribution in [2.75, 3.05) is 31.7 Å². The maximum Gasteiger partial charge on any atom is 0.223 e. The molecule has 1 aliphatic heterocycles. The van der Waals surface area contributed by atoms with E-state index in [-0.39, 0.29) is 11.8 Å². The zero-order valence-electron chi connectivity index (χ0n) is 16.3. The topological polar surface area (TPSA) is 63.7 Å². The summed E-state index contributed by atoms with van der Waals surface area (Å²) >= 11 is 5.90. The zero-order chi connectivity index (χ0) is 19.9. The number of piperidine rings is 1. The number of hydrogen-bond acceptors (Lipinski definition) is 5. The van der Waals surface area contributed by atoms with E-state index in [1.165, 1.54) is 0 Å². The summed E-state index contributed by atoms with van der Waals surface area (Å²) in [6.45, 7) is 4.60. The Morgan fingerprint density at radius 2 is 2.04 bits per heavy atom. The molecule has 0 unspecified atom stereocenters. The number of hydrogen-bond donors (Lipinski definition) is 1. The van der Waals surface area contributed by atoms with Crippen LogP contribution in [0.3, 0.4) is 0 Å². The standard InChI is InChI=1S/C21H26ClN3O3/c1-3-28-18-6-4-15(12-19(18)27-2)13-24-21(26)16-8-10-25(11-9-16)20-7-5-17(22)14-23-20/h4-7,12,14,16H,3,8-11,13H2,1-2H3,(H,24,26). The van der Waals surface area contributed by atoms with Crippen LogP contribution in [0.15, 0.2) is 36.5 Å². The van der Waals surface area contributed by atoms with Crippen molar-refractivity contribution in [3.05, 3.63) is 47.1 Å². The molecule has 1 fully saturated rings. The van der Waals surface area contributed by atoms with Crippen molar-refractivity contribution in [3.63, 3.8) is 0 Å². The molecule has 1 amide bonds. The second-order valence-electron chi connectivity index (χ2n) is 6.73. The first kappa shape index (κ1) is 20.3. The monoisotopic (exact) mass is 403 g/mol. The first-order chi connectivity index (χ1) is 13.6. The molecule has 2 aromatic rings. The minimum absolute atomic E-state index is 0.0214. The van der Waals surface area contributed by atoms with Crippen LogP contribution in [-0.4, -0.2) is 37.7 Å². The molecule has 3 rings (SSSR count). The van der Waals surface area contributed by atoms with E-state index in [1.54, 1.807) is 13.3 Å². The number of rotatable bonds is 7. The maximum absolute atomic E-state index is 12.6. The number of nitrogens with zero attached hydrogens (tertiary/aromatic N) is 2. The Hall–Kier alpha value is -2.47. The van der Waals surface area contributed by atoms with E-state index in [0.717, 1.165) is 37.3 Å². The fourth-order valence-electron chi connectivity index (χ4n) is 3.36. The summed E-state index contributed by atoms with van der Waals surface area (Å²) < 4.78 is 10.9. The zero-order valence-corrected chi connectivity index (χ0v) is 17.0. The molecule has 1 aliphatic rings. The highest BCUT2D eigenvalue weighted by Crippen LogP contribution is 2.28. The number of pyridine rings is 1. The molecule has 0 spiro atoms. The van der Waals surface area contributed by atoms with E-state index in [4.69, 9.17) is 21.1 Å². The van der Waals surface area contributed by atoms with Crippen molar-refractivity contribution < 1.29 is 14.3 Å². The van der Waals surface area contributed by atoms with E-state index in [1.807, 2.05) is 37.3 Å². The molecule has 1 saturated heterocycles. The Balaban J connectivity index is 1.50. The summed E-state index contributed by atoms with van der Waals surface area (Å²) in [4.78, 5) is 19.1. The average Bonchev–Trinajstić information content (AvgIpc) is 2.73. The fourth-order valence-corrected chi connectivity index (χ4v) is 3.47. The molecule has 28 heavy (non-hydrogen) atoms. The van der Waals surface area contributed by atoms with Gasteiger partial charge in [0.1, 0.15) is 5.82 Å². The summed E-state index contributed by atoms with van der Waals surface area (Å²) in [5, 5.41) is 3.68. The van der Waals surface area contributed by atoms with Gasteiger partial charge in [-0.25, -0.2) is 4.98 Å². The van der Waals surface area contributed by atoms with Gasteiger partial charge in [-0.2, -0.15) is 0 Å². The van der Waals surface area contributed by atoms with Crippen LogP contribution in [0.4, 0.5) is 5.82 Å². The van der Waals surface area contributed by atoms with Gasteiger partial charge in [0.2, 0.25) is 5.91 Å². The maximum atomic E-state index is 12.6. The van der Waals surface area contributed by atoms with Gasteiger partial charge < -0.3 is 19.7 Å². The van der Waals surface area contributed by atoms with Crippen LogP contribution in [0.25, 0.3) is 0 Å². The number of benzene rings is 1. The second kappa shape index (κ2) is 9.64. The number of ether oxygens (including phenoxy) is 2. The molecule has 150 valence electrons. The van der Waals surface area contributed by atoms with E-state index < -0.39 is 0 Å². The molecule has 1 aromatic heterocycles. The Morgan fingerprint density at radius 3 is 2.68 bits per heavy atom. The normalized spacial score (nSPS) is 14.6. The second-order valence-corrected chi connectivity index (χ2v) is 7.17. The minimum Gasteiger partial charge on any atom is -0.493 e. The third kappa shape index (κ3) is 5.07. The molecule has 0 aliphatic carbocycles. The lowest BCUT2D eigenvalue weighted by Crippen LogP contribution is -2.40. The van der Waals surface area contributed by atoms with Gasteiger partial charge in [-0.3, -0.25) is 4.79 Å². The third-order valence-corrected chi connectivity index (χ3v) is 5.12. The van der Waals surface area contributed by atoms with Crippen LogP contribution in [0.1, 0.15) is 25.3 Å². The predicted octanol–water partition coefficient (Wildman–Crippen LogP) is 3.68. The molecule has 7 heteroatoms. The number of halogens is 1. The van der Waals surface area contributed by atoms with Gasteiger partial charge in [0.25, 0.3) is 0 Å². The van der Waals surface area contributed by atoms with Gasteiger partial charge in [0, 0.05) is 31.7 Å². The summed E-state index contributed by atoms with van der Waals surface area (Å²) in [5.74, 6) is 2.41. The smallest absolute Gasteiger partial charge is 0.223 e. The average molecular weight is 404 g/mol. The van der Waals surface area contributed by atoms with Crippen LogP contribution < -0.4 is 19.7 Å². The van der Waals surface area contributed by atoms with Gasteiger partial charge in [-0.05, 0) is 49.6 Å². The number of methoxy groups -OCH3 is 1. The predicted molar refractivity (Wildman–Crippen MR) is 110 cm³/mol. The lowest BCUT2D eigenvalue weighted by Gasteiger charge is -2.32. The first-order valence-electron chi connectivity index (χ1n) is 9.54. The van der Waals surface area contributed by atoms with Crippen LogP contribution in [0.2, 0.25) is 5.02 Å². The molecule has 1 aromatic carbocycles. The molecule has 0 radical (unpaired) electrons. The number of amides is 1. The van der Waals surface area contributed by atoms with Crippen molar-refractivity contribution in [2.24, 2.45) is 5.92 Å². The lowest BCUT2D eigenvalue weighted by molar-refractivity contribution is -0.125. The Kier molecular flexibility index (Phi) is 6.98. The van der Waals surface area contributed by atoms with Crippen molar-refractivity contribution in [2.45, 2.75) is 26.3 Å². The number of aromatic nitrogens is 1. The molecule has 2 heterocycles. The summed E-state index contributed by atoms with van der Waals surface area (Å²) in [7, 11) is 1.61. The number of nitrogens with one attached hydrogen (secondary N) is 1. The van der Waals surface area contributed by atoms with Gasteiger partial charge in [0.05, 0.1) is 18.7 Å². The molecular formula is C21H26ClN3O3. The van der Waals surface area contributed by atoms with Crippen LogP contribution in [-0.2, 0) is 11.3 Å². The Morgan fingerprint density at radius 1 is 1.25 bits per heavy atom. The van der Waals surface area contributed by atoms with Crippen molar-refractivity contribution in [3.8, 4) is 11.5 Å². The number of carbonyl (C=O) groups excluding carboxylic acids is 1. The highest BCUT2D eigenvalue weighted by atomic mass is 35.5. The van der Waals surface area contributed by atoms with E-state index in [9.17, 15) is 4.79 Å². The van der Waals surface area contributed by atoms with Gasteiger partial charge in [-0.1, -0.05) is 17.7 Å². The van der Waals surface area contributed by atoms with Gasteiger partial charge in [0.15, 0.2) is 11.5 Å². The van der Waals surface area contributed by atoms with E-state index in [0.29, 0.717) is 29.7 Å². The van der Waals surface area contributed by atoms with Gasteiger partial charge in [-0.15, -0.1) is 0 Å². The van der Waals surface area contributed by atoms with Crippen molar-refractivity contribution in [1.29, 1.82) is 0 Å². The van der Waals surface area contributed by atoms with Crippen molar-refractivity contribution >= 4 is 23.3 Å². The first-order valence-corrected chi connectivity index (χ1v) is 9.92. The van der Waals surface area contributed by atoms with Crippen LogP contribution in [0, 0.1) is 5.92 Å². The molecule has 1 N–H and O–H groups in total. The minimum atomic E-state index is 0.0214. The Bertz CT molecular complexity index is 790. The van der Waals surface area contributed by atoms with Gasteiger partial charge >= 0.3 is 0 Å².